The van der Waals surface area contributed by atoms with Crippen molar-refractivity contribution in [3.05, 3.63) is 21.5 Å². The molecule has 0 bridgehead atoms. The van der Waals surface area contributed by atoms with Gasteiger partial charge in [-0.1, -0.05) is 6.92 Å². The van der Waals surface area contributed by atoms with Crippen molar-refractivity contribution in [2.45, 2.75) is 39.7 Å². The fourth-order valence-electron chi connectivity index (χ4n) is 1.66. The minimum absolute atomic E-state index is 0.0315. The Balaban J connectivity index is 2.47. The van der Waals surface area contributed by atoms with Gasteiger partial charge in [0.05, 0.1) is 10.2 Å². The van der Waals surface area contributed by atoms with Crippen molar-refractivity contribution in [1.82, 2.24) is 4.98 Å². The van der Waals surface area contributed by atoms with Crippen LogP contribution in [0.3, 0.4) is 0 Å². The SMILES string of the molecule is CCc1cc2nc(NC(C)(C)C)cc(Br)c2s1. The number of halogens is 1. The van der Waals surface area contributed by atoms with Gasteiger partial charge in [-0.05, 0) is 55.3 Å². The predicted molar refractivity (Wildman–Crippen MR) is 80.1 cm³/mol. The average Bonchev–Trinajstić information content (AvgIpc) is 2.58. The van der Waals surface area contributed by atoms with Crippen LogP contribution in [0.5, 0.6) is 0 Å². The summed E-state index contributed by atoms with van der Waals surface area (Å²) in [6, 6.07) is 4.24. The largest absolute Gasteiger partial charge is 0.365 e. The molecule has 0 aromatic carbocycles. The third-order valence-electron chi connectivity index (χ3n) is 2.34. The molecule has 0 aliphatic rings. The van der Waals surface area contributed by atoms with Gasteiger partial charge in [-0.3, -0.25) is 0 Å². The lowest BCUT2D eigenvalue weighted by atomic mass is 10.1. The second kappa shape index (κ2) is 4.58. The van der Waals surface area contributed by atoms with E-state index in [2.05, 4.69) is 66.1 Å². The Morgan fingerprint density at radius 1 is 1.35 bits per heavy atom. The molecule has 92 valence electrons. The van der Waals surface area contributed by atoms with Gasteiger partial charge < -0.3 is 5.32 Å². The van der Waals surface area contributed by atoms with Crippen LogP contribution in [0.15, 0.2) is 16.6 Å². The lowest BCUT2D eigenvalue weighted by molar-refractivity contribution is 0.631. The van der Waals surface area contributed by atoms with Gasteiger partial charge in [0.1, 0.15) is 5.82 Å². The molecule has 0 fully saturated rings. The van der Waals surface area contributed by atoms with Crippen LogP contribution in [0, 0.1) is 0 Å². The molecule has 0 aliphatic carbocycles. The predicted octanol–water partition coefficient (Wildman–Crippen LogP) is 4.83. The highest BCUT2D eigenvalue weighted by atomic mass is 79.9. The number of pyridine rings is 1. The molecular formula is C13H17BrN2S. The Bertz CT molecular complexity index is 540. The molecule has 0 radical (unpaired) electrons. The van der Waals surface area contributed by atoms with Crippen molar-refractivity contribution >= 4 is 43.3 Å². The number of hydrogen-bond donors (Lipinski definition) is 1. The minimum Gasteiger partial charge on any atom is -0.365 e. The topological polar surface area (TPSA) is 24.9 Å². The first-order valence-electron chi connectivity index (χ1n) is 5.76. The highest BCUT2D eigenvalue weighted by Crippen LogP contribution is 2.33. The minimum atomic E-state index is 0.0315. The van der Waals surface area contributed by atoms with Gasteiger partial charge in [0, 0.05) is 14.9 Å². The molecule has 17 heavy (non-hydrogen) atoms. The number of nitrogens with one attached hydrogen (secondary N) is 1. The number of fused-ring (bicyclic) bond motifs is 1. The zero-order valence-electron chi connectivity index (χ0n) is 10.6. The van der Waals surface area contributed by atoms with E-state index in [1.54, 1.807) is 0 Å². The molecule has 0 spiro atoms. The number of aromatic nitrogens is 1. The zero-order chi connectivity index (χ0) is 12.6. The molecule has 0 aliphatic heterocycles. The molecular weight excluding hydrogens is 296 g/mol. The van der Waals surface area contributed by atoms with Crippen LogP contribution in [0.4, 0.5) is 5.82 Å². The number of nitrogens with zero attached hydrogens (tertiary/aromatic N) is 1. The number of aryl methyl sites for hydroxylation is 1. The van der Waals surface area contributed by atoms with Crippen molar-refractivity contribution in [3.63, 3.8) is 0 Å². The monoisotopic (exact) mass is 312 g/mol. The second-order valence-electron chi connectivity index (χ2n) is 5.14. The Kier molecular flexibility index (Phi) is 3.46. The van der Waals surface area contributed by atoms with E-state index in [0.29, 0.717) is 0 Å². The van der Waals surface area contributed by atoms with Gasteiger partial charge in [0.25, 0.3) is 0 Å². The third-order valence-corrected chi connectivity index (χ3v) is 4.53. The molecule has 2 heterocycles. The summed E-state index contributed by atoms with van der Waals surface area (Å²) in [6.07, 6.45) is 1.06. The second-order valence-corrected chi connectivity index (χ2v) is 7.14. The van der Waals surface area contributed by atoms with Crippen LogP contribution < -0.4 is 5.32 Å². The summed E-state index contributed by atoms with van der Waals surface area (Å²) in [5.41, 5.74) is 1.11. The van der Waals surface area contributed by atoms with Crippen molar-refractivity contribution in [2.75, 3.05) is 5.32 Å². The first-order valence-corrected chi connectivity index (χ1v) is 7.37. The van der Waals surface area contributed by atoms with Crippen LogP contribution in [0.1, 0.15) is 32.6 Å². The van der Waals surface area contributed by atoms with Crippen molar-refractivity contribution in [1.29, 1.82) is 0 Å². The highest BCUT2D eigenvalue weighted by Gasteiger charge is 2.13. The van der Waals surface area contributed by atoms with E-state index < -0.39 is 0 Å². The van der Waals surface area contributed by atoms with Crippen molar-refractivity contribution < 1.29 is 0 Å². The maximum absolute atomic E-state index is 4.66. The molecule has 0 saturated carbocycles. The highest BCUT2D eigenvalue weighted by molar-refractivity contribution is 9.10. The number of thiophene rings is 1. The zero-order valence-corrected chi connectivity index (χ0v) is 13.0. The molecule has 1 N–H and O–H groups in total. The lowest BCUT2D eigenvalue weighted by Crippen LogP contribution is -2.26. The summed E-state index contributed by atoms with van der Waals surface area (Å²) in [5, 5.41) is 3.40. The van der Waals surface area contributed by atoms with E-state index in [-0.39, 0.29) is 5.54 Å². The smallest absolute Gasteiger partial charge is 0.128 e. The number of rotatable bonds is 2. The Morgan fingerprint density at radius 2 is 2.06 bits per heavy atom. The summed E-state index contributed by atoms with van der Waals surface area (Å²) in [5.74, 6) is 0.928. The molecule has 2 nitrogen and oxygen atoms in total. The van der Waals surface area contributed by atoms with Crippen LogP contribution >= 0.6 is 27.3 Å². The van der Waals surface area contributed by atoms with Crippen LogP contribution in [-0.2, 0) is 6.42 Å². The average molecular weight is 313 g/mol. The lowest BCUT2D eigenvalue weighted by Gasteiger charge is -2.21. The van der Waals surface area contributed by atoms with E-state index in [9.17, 15) is 0 Å². The molecule has 0 saturated heterocycles. The summed E-state index contributed by atoms with van der Waals surface area (Å²) in [6.45, 7) is 8.58. The molecule has 0 unspecified atom stereocenters. The molecule has 0 atom stereocenters. The molecule has 4 heteroatoms. The summed E-state index contributed by atoms with van der Waals surface area (Å²) >= 11 is 5.44. The standard InChI is InChI=1S/C13H17BrN2S/c1-5-8-6-10-12(17-8)9(14)7-11(15-10)16-13(2,3)4/h6-7H,5H2,1-4H3,(H,15,16). The van der Waals surface area contributed by atoms with Crippen molar-refractivity contribution in [2.24, 2.45) is 0 Å². The quantitative estimate of drug-likeness (QED) is 0.859. The van der Waals surface area contributed by atoms with E-state index >= 15 is 0 Å². The van der Waals surface area contributed by atoms with Gasteiger partial charge >= 0.3 is 0 Å². The molecule has 2 aromatic rings. The van der Waals surface area contributed by atoms with E-state index in [4.69, 9.17) is 0 Å². The fourth-order valence-corrected chi connectivity index (χ4v) is 3.26. The maximum atomic E-state index is 4.66. The Hall–Kier alpha value is -0.610. The Labute approximate surface area is 115 Å². The van der Waals surface area contributed by atoms with E-state index in [1.165, 1.54) is 9.58 Å². The molecule has 2 rings (SSSR count). The van der Waals surface area contributed by atoms with Crippen LogP contribution in [-0.4, -0.2) is 10.5 Å². The van der Waals surface area contributed by atoms with E-state index in [1.807, 2.05) is 11.3 Å². The van der Waals surface area contributed by atoms with Gasteiger partial charge in [0.2, 0.25) is 0 Å². The van der Waals surface area contributed by atoms with E-state index in [0.717, 1.165) is 22.2 Å². The number of anilines is 1. The fraction of sp³-hybridized carbons (Fsp3) is 0.462. The molecule has 0 amide bonds. The van der Waals surface area contributed by atoms with Crippen LogP contribution in [0.2, 0.25) is 0 Å². The maximum Gasteiger partial charge on any atom is 0.128 e. The van der Waals surface area contributed by atoms with Crippen molar-refractivity contribution in [3.8, 4) is 0 Å². The van der Waals surface area contributed by atoms with Gasteiger partial charge in [-0.25, -0.2) is 4.98 Å². The summed E-state index contributed by atoms with van der Waals surface area (Å²) in [4.78, 5) is 6.04. The summed E-state index contributed by atoms with van der Waals surface area (Å²) in [7, 11) is 0. The first-order chi connectivity index (χ1) is 7.89. The van der Waals surface area contributed by atoms with Gasteiger partial charge in [-0.2, -0.15) is 0 Å². The molecule has 2 aromatic heterocycles. The normalized spacial score (nSPS) is 12.1. The first kappa shape index (κ1) is 12.8. The third kappa shape index (κ3) is 2.99. The van der Waals surface area contributed by atoms with Crippen LogP contribution in [0.25, 0.3) is 10.2 Å². The Morgan fingerprint density at radius 3 is 2.65 bits per heavy atom. The van der Waals surface area contributed by atoms with Gasteiger partial charge in [-0.15, -0.1) is 11.3 Å². The summed E-state index contributed by atoms with van der Waals surface area (Å²) < 4.78 is 2.36. The van der Waals surface area contributed by atoms with Gasteiger partial charge in [0.15, 0.2) is 0 Å². The number of hydrogen-bond acceptors (Lipinski definition) is 3.